The molecule has 0 fully saturated rings. The van der Waals surface area contributed by atoms with E-state index in [0.29, 0.717) is 0 Å². The fourth-order valence-electron chi connectivity index (χ4n) is 2.84. The Kier molecular flexibility index (Phi) is 6.09. The summed E-state index contributed by atoms with van der Waals surface area (Å²) in [6, 6.07) is 36.0. The van der Waals surface area contributed by atoms with E-state index in [1.807, 2.05) is 109 Å². The van der Waals surface area contributed by atoms with Gasteiger partial charge in [0.1, 0.15) is 0 Å². The van der Waals surface area contributed by atoms with Gasteiger partial charge in [-0.25, -0.2) is 0 Å². The van der Waals surface area contributed by atoms with E-state index in [1.165, 1.54) is 0 Å². The predicted molar refractivity (Wildman–Crippen MR) is 124 cm³/mol. The Morgan fingerprint density at radius 2 is 0.500 bits per heavy atom. The van der Waals surface area contributed by atoms with Crippen molar-refractivity contribution >= 4 is 0 Å². The average Bonchev–Trinajstić information content (AvgIpc) is 2.82. The summed E-state index contributed by atoms with van der Waals surface area (Å²) in [4.78, 5) is 0. The number of hydrogen-bond donors (Lipinski definition) is 0. The Bertz CT molecular complexity index is 1130. The second kappa shape index (κ2) is 9.66. The second-order valence-corrected chi connectivity index (χ2v) is 6.65. The summed E-state index contributed by atoms with van der Waals surface area (Å²) >= 11 is 0. The molecule has 4 rings (SSSR count). The molecule has 0 unspecified atom stereocenters. The number of benzene rings is 4. The molecule has 0 bridgehead atoms. The van der Waals surface area contributed by atoms with Crippen LogP contribution in [0.4, 0.5) is 0 Å². The van der Waals surface area contributed by atoms with Gasteiger partial charge in [0.25, 0.3) is 0 Å². The lowest BCUT2D eigenvalue weighted by Crippen LogP contribution is -1.85. The highest BCUT2D eigenvalue weighted by molar-refractivity contribution is 5.55. The SMILES string of the molecule is C(#Cc1cc(C#Cc2ccccc2)cc(C#Cc2ccccc2)c1)c1ccccc1. The molecule has 0 aliphatic carbocycles. The van der Waals surface area contributed by atoms with E-state index in [4.69, 9.17) is 0 Å². The van der Waals surface area contributed by atoms with Gasteiger partial charge in [-0.05, 0) is 54.6 Å². The van der Waals surface area contributed by atoms with Crippen molar-refractivity contribution in [2.75, 3.05) is 0 Å². The molecular formula is C30H18. The van der Waals surface area contributed by atoms with Crippen molar-refractivity contribution in [1.82, 2.24) is 0 Å². The fourth-order valence-corrected chi connectivity index (χ4v) is 2.84. The monoisotopic (exact) mass is 378 g/mol. The zero-order valence-corrected chi connectivity index (χ0v) is 16.4. The lowest BCUT2D eigenvalue weighted by Gasteiger charge is -1.98. The van der Waals surface area contributed by atoms with Crippen LogP contribution in [0.5, 0.6) is 0 Å². The van der Waals surface area contributed by atoms with Crippen molar-refractivity contribution in [3.05, 3.63) is 143 Å². The highest BCUT2D eigenvalue weighted by Gasteiger charge is 1.97. The average molecular weight is 378 g/mol. The van der Waals surface area contributed by atoms with Gasteiger partial charge in [0.05, 0.1) is 0 Å². The first kappa shape index (κ1) is 18.9. The lowest BCUT2D eigenvalue weighted by molar-refractivity contribution is 1.55. The molecule has 0 aromatic heterocycles. The zero-order chi connectivity index (χ0) is 20.4. The van der Waals surface area contributed by atoms with Crippen molar-refractivity contribution in [3.8, 4) is 35.5 Å². The maximum atomic E-state index is 3.25. The van der Waals surface area contributed by atoms with Crippen LogP contribution in [-0.2, 0) is 0 Å². The number of rotatable bonds is 0. The zero-order valence-electron chi connectivity index (χ0n) is 16.4. The van der Waals surface area contributed by atoms with E-state index in [-0.39, 0.29) is 0 Å². The normalized spacial score (nSPS) is 9.20. The first-order valence-electron chi connectivity index (χ1n) is 9.71. The maximum absolute atomic E-state index is 3.25. The lowest BCUT2D eigenvalue weighted by atomic mass is 10.0. The summed E-state index contributed by atoms with van der Waals surface area (Å²) in [7, 11) is 0. The van der Waals surface area contributed by atoms with Crippen molar-refractivity contribution < 1.29 is 0 Å². The molecule has 0 aliphatic rings. The summed E-state index contributed by atoms with van der Waals surface area (Å²) < 4.78 is 0. The van der Waals surface area contributed by atoms with Crippen LogP contribution in [0, 0.1) is 35.5 Å². The summed E-state index contributed by atoms with van der Waals surface area (Å²) in [5, 5.41) is 0. The third-order valence-electron chi connectivity index (χ3n) is 4.31. The molecule has 138 valence electrons. The van der Waals surface area contributed by atoms with Crippen LogP contribution >= 0.6 is 0 Å². The highest BCUT2D eigenvalue weighted by atomic mass is 14.0. The minimum Gasteiger partial charge on any atom is -0.0622 e. The smallest absolute Gasteiger partial charge is 0.0273 e. The molecule has 30 heavy (non-hydrogen) atoms. The Hall–Kier alpha value is -4.44. The van der Waals surface area contributed by atoms with Gasteiger partial charge < -0.3 is 0 Å². The molecule has 4 aromatic rings. The highest BCUT2D eigenvalue weighted by Crippen LogP contribution is 2.10. The number of hydrogen-bond acceptors (Lipinski definition) is 0. The van der Waals surface area contributed by atoms with Crippen LogP contribution in [0.3, 0.4) is 0 Å². The third kappa shape index (κ3) is 5.53. The van der Waals surface area contributed by atoms with Crippen molar-refractivity contribution in [2.24, 2.45) is 0 Å². The molecule has 0 atom stereocenters. The van der Waals surface area contributed by atoms with E-state index in [1.54, 1.807) is 0 Å². The first-order valence-corrected chi connectivity index (χ1v) is 9.71. The van der Waals surface area contributed by atoms with Crippen molar-refractivity contribution in [2.45, 2.75) is 0 Å². The Labute approximate surface area is 178 Å². The van der Waals surface area contributed by atoms with Gasteiger partial charge in [0, 0.05) is 33.4 Å². The minimum absolute atomic E-state index is 0.899. The first-order chi connectivity index (χ1) is 14.8. The van der Waals surface area contributed by atoms with E-state index in [2.05, 4.69) is 35.5 Å². The van der Waals surface area contributed by atoms with E-state index >= 15 is 0 Å². The van der Waals surface area contributed by atoms with Gasteiger partial charge in [-0.3, -0.25) is 0 Å². The fraction of sp³-hybridized carbons (Fsp3) is 0. The molecule has 4 aromatic carbocycles. The van der Waals surface area contributed by atoms with E-state index in [9.17, 15) is 0 Å². The molecule has 0 nitrogen and oxygen atoms in total. The van der Waals surface area contributed by atoms with Crippen molar-refractivity contribution in [3.63, 3.8) is 0 Å². The van der Waals surface area contributed by atoms with E-state index < -0.39 is 0 Å². The molecule has 0 aliphatic heterocycles. The Morgan fingerprint density at radius 1 is 0.267 bits per heavy atom. The van der Waals surface area contributed by atoms with Crippen LogP contribution < -0.4 is 0 Å². The Morgan fingerprint density at radius 3 is 0.767 bits per heavy atom. The predicted octanol–water partition coefficient (Wildman–Crippen LogP) is 5.89. The Balaban J connectivity index is 1.71. The van der Waals surface area contributed by atoms with Crippen molar-refractivity contribution in [1.29, 1.82) is 0 Å². The van der Waals surface area contributed by atoms with Crippen LogP contribution in [-0.4, -0.2) is 0 Å². The molecule has 0 saturated heterocycles. The molecular weight excluding hydrogens is 360 g/mol. The van der Waals surface area contributed by atoms with Crippen LogP contribution in [0.1, 0.15) is 33.4 Å². The van der Waals surface area contributed by atoms with Gasteiger partial charge in [-0.2, -0.15) is 0 Å². The van der Waals surface area contributed by atoms with E-state index in [0.717, 1.165) is 33.4 Å². The summed E-state index contributed by atoms with van der Waals surface area (Å²) in [5.41, 5.74) is 5.64. The topological polar surface area (TPSA) is 0 Å². The molecule has 0 heteroatoms. The van der Waals surface area contributed by atoms with Gasteiger partial charge >= 0.3 is 0 Å². The van der Waals surface area contributed by atoms with Crippen LogP contribution in [0.2, 0.25) is 0 Å². The van der Waals surface area contributed by atoms with Gasteiger partial charge in [0.2, 0.25) is 0 Å². The maximum Gasteiger partial charge on any atom is 0.0273 e. The summed E-state index contributed by atoms with van der Waals surface area (Å²) in [6.07, 6.45) is 0. The van der Waals surface area contributed by atoms with Crippen LogP contribution in [0.15, 0.2) is 109 Å². The summed E-state index contributed by atoms with van der Waals surface area (Å²) in [6.45, 7) is 0. The molecule has 0 spiro atoms. The molecule has 0 N–H and O–H groups in total. The van der Waals surface area contributed by atoms with Crippen LogP contribution in [0.25, 0.3) is 0 Å². The standard InChI is InChI=1S/C30H18/c1-4-10-25(11-5-1)16-19-28-22-29(20-17-26-12-6-2-7-13-26)24-30(23-28)21-18-27-14-8-3-9-15-27/h1-15,22-24H. The minimum atomic E-state index is 0.899. The molecule has 0 saturated carbocycles. The molecule has 0 heterocycles. The van der Waals surface area contributed by atoms with Gasteiger partial charge in [-0.1, -0.05) is 90.1 Å². The third-order valence-corrected chi connectivity index (χ3v) is 4.31. The van der Waals surface area contributed by atoms with Gasteiger partial charge in [-0.15, -0.1) is 0 Å². The quantitative estimate of drug-likeness (QED) is 0.335. The largest absolute Gasteiger partial charge is 0.0622 e. The van der Waals surface area contributed by atoms with Gasteiger partial charge in [0.15, 0.2) is 0 Å². The molecule has 0 amide bonds. The second-order valence-electron chi connectivity index (χ2n) is 6.65. The molecule has 0 radical (unpaired) electrons. The summed E-state index contributed by atoms with van der Waals surface area (Å²) in [5.74, 6) is 19.4.